The second-order valence-corrected chi connectivity index (χ2v) is 13.5. The minimum atomic E-state index is -2.35. The topological polar surface area (TPSA) is 192 Å². The molecule has 2 aliphatic rings. The lowest BCUT2D eigenvalue weighted by Crippen LogP contribution is -2.58. The summed E-state index contributed by atoms with van der Waals surface area (Å²) in [5.74, 6) is -10.5. The van der Waals surface area contributed by atoms with Crippen LogP contribution in [0.25, 0.3) is 0 Å². The summed E-state index contributed by atoms with van der Waals surface area (Å²) in [5, 5.41) is 0. The molecule has 1 saturated carbocycles. The van der Waals surface area contributed by atoms with E-state index in [9.17, 15) is 38.4 Å². The fraction of sp³-hybridized carbons (Fsp3) is 0.657. The van der Waals surface area contributed by atoms with Gasteiger partial charge in [-0.25, -0.2) is 0 Å². The summed E-state index contributed by atoms with van der Waals surface area (Å²) in [4.78, 5) is 106. The van der Waals surface area contributed by atoms with Crippen LogP contribution in [0.1, 0.15) is 89.0 Å². The van der Waals surface area contributed by atoms with Gasteiger partial charge in [-0.15, -0.1) is 0 Å². The molecule has 14 nitrogen and oxygen atoms in total. The first-order chi connectivity index (χ1) is 22.4. The zero-order valence-electron chi connectivity index (χ0n) is 30.0. The number of carbonyl (C=O) groups is 8. The Morgan fingerprint density at radius 3 is 1.76 bits per heavy atom. The predicted molar refractivity (Wildman–Crippen MR) is 170 cm³/mol. The second kappa shape index (κ2) is 15.5. The molecule has 272 valence electrons. The van der Waals surface area contributed by atoms with Crippen LogP contribution in [0.4, 0.5) is 0 Å². The van der Waals surface area contributed by atoms with Crippen molar-refractivity contribution in [3.63, 3.8) is 0 Å². The van der Waals surface area contributed by atoms with Crippen LogP contribution in [0.2, 0.25) is 0 Å². The molecule has 0 aromatic rings. The molecule has 9 atom stereocenters. The molecule has 0 aromatic carbocycles. The number of carbonyl (C=O) groups excluding carboxylic acids is 8. The zero-order valence-corrected chi connectivity index (χ0v) is 30.0. The minimum absolute atomic E-state index is 0.337. The fourth-order valence-electron chi connectivity index (χ4n) is 6.43. The number of ether oxygens (including phenoxy) is 6. The van der Waals surface area contributed by atoms with Crippen molar-refractivity contribution in [2.24, 2.45) is 23.2 Å². The molecule has 0 saturated heterocycles. The van der Waals surface area contributed by atoms with E-state index in [0.29, 0.717) is 6.42 Å². The third kappa shape index (κ3) is 9.01. The van der Waals surface area contributed by atoms with Crippen molar-refractivity contribution in [2.45, 2.75) is 125 Å². The number of rotatable bonds is 8. The van der Waals surface area contributed by atoms with Crippen molar-refractivity contribution >= 4 is 47.4 Å². The number of esters is 6. The van der Waals surface area contributed by atoms with Gasteiger partial charge >= 0.3 is 35.8 Å². The number of ketones is 2. The molecular formula is C35H48O14. The first-order valence-electron chi connectivity index (χ1n) is 16.0. The Morgan fingerprint density at radius 2 is 1.29 bits per heavy atom. The molecule has 14 heteroatoms. The van der Waals surface area contributed by atoms with Crippen molar-refractivity contribution in [3.8, 4) is 0 Å². The van der Waals surface area contributed by atoms with E-state index in [1.54, 1.807) is 13.8 Å². The molecule has 2 rings (SSSR count). The zero-order chi connectivity index (χ0) is 37.8. The SMILES string of the molecule is C=C1[C@@H](OC(C)=O)[C@@H]2[C@H](OC(C)=O)[C@@](C)(OC(C)=O)C[C@@]2(OC(C)=O)C(=O)[C@@H](C)/C=C/C(C)(C)C(=O)[C@@H](OC(=O)C(C)CC)[C@@H]1OC(C)=O. The quantitative estimate of drug-likeness (QED) is 0.204. The summed E-state index contributed by atoms with van der Waals surface area (Å²) in [6, 6.07) is 0. The maximum Gasteiger partial charge on any atom is 0.309 e. The average molecular weight is 693 g/mol. The minimum Gasteiger partial charge on any atom is -0.458 e. The van der Waals surface area contributed by atoms with E-state index in [0.717, 1.165) is 34.6 Å². The van der Waals surface area contributed by atoms with Gasteiger partial charge in [0.25, 0.3) is 0 Å². The highest BCUT2D eigenvalue weighted by Crippen LogP contribution is 2.54. The Balaban J connectivity index is 3.21. The van der Waals surface area contributed by atoms with E-state index in [2.05, 4.69) is 6.58 Å². The molecule has 1 fully saturated rings. The summed E-state index contributed by atoms with van der Waals surface area (Å²) in [6.07, 6.45) is -4.68. The molecule has 0 N–H and O–H groups in total. The molecule has 0 heterocycles. The summed E-state index contributed by atoms with van der Waals surface area (Å²) in [5.41, 5.74) is -6.09. The second-order valence-electron chi connectivity index (χ2n) is 13.5. The van der Waals surface area contributed by atoms with Gasteiger partial charge in [0.1, 0.15) is 6.10 Å². The number of fused-ring (bicyclic) bond motifs is 1. The van der Waals surface area contributed by atoms with Gasteiger partial charge in [0, 0.05) is 57.9 Å². The average Bonchev–Trinajstić information content (AvgIpc) is 3.19. The highest BCUT2D eigenvalue weighted by Gasteiger charge is 2.72. The molecule has 2 aliphatic carbocycles. The summed E-state index contributed by atoms with van der Waals surface area (Å²) in [7, 11) is 0. The molecule has 0 radical (unpaired) electrons. The summed E-state index contributed by atoms with van der Waals surface area (Å²) < 4.78 is 34.4. The predicted octanol–water partition coefficient (Wildman–Crippen LogP) is 3.31. The number of allylic oxidation sites excluding steroid dienone is 2. The molecule has 1 unspecified atom stereocenters. The standard InChI is InChI=1S/C35H48O14/c1-13-17(2)32(43)47-28-27(45-21(6)37)19(4)26(44-20(5)36)25-31(46-22(7)38)34(12,48-23(8)39)16-35(25,49-24(9)40)29(41)18(3)14-15-33(10,11)30(28)42/h14-15,17-18,25-28,31H,4,13,16H2,1-3,5-12H3/b15-14+/t17?,18-,25+,26+,27+,28-,31-,34-,35-/m0/s1. The van der Waals surface area contributed by atoms with Gasteiger partial charge in [-0.3, -0.25) is 38.4 Å². The Kier molecular flexibility index (Phi) is 12.9. The molecule has 0 bridgehead atoms. The van der Waals surface area contributed by atoms with E-state index in [-0.39, 0.29) is 5.57 Å². The van der Waals surface area contributed by atoms with Gasteiger partial charge in [-0.1, -0.05) is 39.5 Å². The van der Waals surface area contributed by atoms with Crippen molar-refractivity contribution in [3.05, 3.63) is 24.3 Å². The van der Waals surface area contributed by atoms with Gasteiger partial charge in [0.15, 0.2) is 35.0 Å². The van der Waals surface area contributed by atoms with Gasteiger partial charge in [0.2, 0.25) is 6.10 Å². The maximum atomic E-state index is 14.7. The van der Waals surface area contributed by atoms with Crippen LogP contribution in [0.5, 0.6) is 0 Å². The van der Waals surface area contributed by atoms with Crippen molar-refractivity contribution in [1.82, 2.24) is 0 Å². The molecule has 0 amide bonds. The Morgan fingerprint density at radius 1 is 0.776 bits per heavy atom. The number of hydrogen-bond donors (Lipinski definition) is 0. The highest BCUT2D eigenvalue weighted by atomic mass is 16.6. The molecule has 0 aliphatic heterocycles. The van der Waals surface area contributed by atoms with Gasteiger partial charge in [0.05, 0.1) is 11.8 Å². The number of hydrogen-bond acceptors (Lipinski definition) is 14. The van der Waals surface area contributed by atoms with Crippen LogP contribution in [-0.4, -0.2) is 83.0 Å². The van der Waals surface area contributed by atoms with E-state index in [4.69, 9.17) is 28.4 Å². The van der Waals surface area contributed by atoms with Gasteiger partial charge in [-0.05, 0) is 27.2 Å². The third-order valence-electron chi connectivity index (χ3n) is 8.78. The normalized spacial score (nSPS) is 32.6. The molecule has 49 heavy (non-hydrogen) atoms. The third-order valence-corrected chi connectivity index (χ3v) is 8.78. The van der Waals surface area contributed by atoms with Crippen molar-refractivity contribution in [1.29, 1.82) is 0 Å². The van der Waals surface area contributed by atoms with Crippen molar-refractivity contribution in [2.75, 3.05) is 0 Å². The Bertz CT molecular complexity index is 1420. The smallest absolute Gasteiger partial charge is 0.309 e. The van der Waals surface area contributed by atoms with Gasteiger partial charge in [-0.2, -0.15) is 0 Å². The summed E-state index contributed by atoms with van der Waals surface area (Å²) >= 11 is 0. The van der Waals surface area contributed by atoms with E-state index < -0.39 is 113 Å². The van der Waals surface area contributed by atoms with Crippen LogP contribution >= 0.6 is 0 Å². The maximum absolute atomic E-state index is 14.7. The largest absolute Gasteiger partial charge is 0.458 e. The Hall–Kier alpha value is -4.36. The van der Waals surface area contributed by atoms with E-state index >= 15 is 0 Å². The highest BCUT2D eigenvalue weighted by molar-refractivity contribution is 5.96. The molecular weight excluding hydrogens is 644 g/mol. The van der Waals surface area contributed by atoms with Crippen LogP contribution in [0.3, 0.4) is 0 Å². The lowest BCUT2D eigenvalue weighted by atomic mass is 9.72. The number of Topliss-reactive ketones (excluding diaryl/α,β-unsaturated/α-hetero) is 2. The lowest BCUT2D eigenvalue weighted by molar-refractivity contribution is -0.191. The monoisotopic (exact) mass is 692 g/mol. The first-order valence-corrected chi connectivity index (χ1v) is 16.0. The van der Waals surface area contributed by atoms with Crippen LogP contribution in [-0.2, 0) is 66.8 Å². The van der Waals surface area contributed by atoms with E-state index in [1.807, 2.05) is 0 Å². The Labute approximate surface area is 286 Å². The first kappa shape index (κ1) is 40.8. The molecule has 0 aromatic heterocycles. The van der Waals surface area contributed by atoms with Crippen LogP contribution < -0.4 is 0 Å². The lowest BCUT2D eigenvalue weighted by Gasteiger charge is -2.42. The summed E-state index contributed by atoms with van der Waals surface area (Å²) in [6.45, 7) is 18.3. The van der Waals surface area contributed by atoms with Gasteiger partial charge < -0.3 is 28.4 Å². The fourth-order valence-corrected chi connectivity index (χ4v) is 6.43. The van der Waals surface area contributed by atoms with Crippen LogP contribution in [0, 0.1) is 23.2 Å². The molecule has 0 spiro atoms. The van der Waals surface area contributed by atoms with Crippen LogP contribution in [0.15, 0.2) is 24.3 Å². The van der Waals surface area contributed by atoms with E-state index in [1.165, 1.54) is 39.8 Å². The van der Waals surface area contributed by atoms with Crippen molar-refractivity contribution < 1.29 is 66.8 Å².